The molecule has 4 aliphatic rings. The molecule has 2 heterocycles. The van der Waals surface area contributed by atoms with Crippen molar-refractivity contribution in [3.05, 3.63) is 34.9 Å². The second-order valence-electron chi connectivity index (χ2n) is 9.71. The molecule has 33 heavy (non-hydrogen) atoms. The molecule has 0 bridgehead atoms. The van der Waals surface area contributed by atoms with Gasteiger partial charge in [-0.1, -0.05) is 30.9 Å². The first kappa shape index (κ1) is 22.7. The van der Waals surface area contributed by atoms with Crippen molar-refractivity contribution in [3.8, 4) is 0 Å². The number of hydrogen-bond acceptors (Lipinski definition) is 4. The monoisotopic (exact) mass is 489 g/mol. The fraction of sp³-hybridized carbons (Fsp3) is 0.542. The maximum absolute atomic E-state index is 13.5. The molecular formula is C24H31N3O4S2. The van der Waals surface area contributed by atoms with Crippen molar-refractivity contribution in [3.63, 3.8) is 0 Å². The zero-order valence-electron chi connectivity index (χ0n) is 18.6. The summed E-state index contributed by atoms with van der Waals surface area (Å²) in [5.41, 5.74) is 3.92. The lowest BCUT2D eigenvalue weighted by Gasteiger charge is -2.33. The van der Waals surface area contributed by atoms with E-state index in [1.54, 1.807) is 11.0 Å². The Bertz CT molecular complexity index is 1090. The van der Waals surface area contributed by atoms with E-state index < -0.39 is 21.1 Å². The molecule has 0 radical (unpaired) electrons. The Balaban J connectivity index is 1.42. The van der Waals surface area contributed by atoms with Crippen LogP contribution < -0.4 is 10.0 Å². The minimum Gasteiger partial charge on any atom is -0.320 e. The van der Waals surface area contributed by atoms with Crippen molar-refractivity contribution in [1.29, 1.82) is 0 Å². The molecule has 1 aromatic carbocycles. The summed E-state index contributed by atoms with van der Waals surface area (Å²) in [5, 5.41) is 2.38. The SMILES string of the molecule is O=C1CCC(N2C(=O)c3cc(N[SH](=O)(S)CC4CCCCC4)ccc3C2=C2CCC2)C(=O)N1. The number of anilines is 1. The number of carbonyl (C=O) groups is 3. The zero-order chi connectivity index (χ0) is 23.2. The number of carbonyl (C=O) groups excluding carboxylic acids is 3. The maximum atomic E-state index is 13.5. The first-order valence-corrected chi connectivity index (χ1v) is 15.0. The minimum absolute atomic E-state index is 0.218. The summed E-state index contributed by atoms with van der Waals surface area (Å²) in [6.45, 7) is 0. The van der Waals surface area contributed by atoms with Gasteiger partial charge >= 0.3 is 0 Å². The van der Waals surface area contributed by atoms with Crippen molar-refractivity contribution in [2.75, 3.05) is 10.5 Å². The Morgan fingerprint density at radius 2 is 1.76 bits per heavy atom. The predicted octanol–water partition coefficient (Wildman–Crippen LogP) is 3.61. The molecule has 1 unspecified atom stereocenters. The summed E-state index contributed by atoms with van der Waals surface area (Å²) in [5.74, 6) is 0.00366. The molecule has 0 spiro atoms. The van der Waals surface area contributed by atoms with E-state index in [2.05, 4.69) is 21.7 Å². The first-order chi connectivity index (χ1) is 15.8. The largest absolute Gasteiger partial charge is 0.320 e. The van der Waals surface area contributed by atoms with Crippen LogP contribution in [0.4, 0.5) is 5.69 Å². The molecule has 1 saturated heterocycles. The van der Waals surface area contributed by atoms with Gasteiger partial charge in [0.25, 0.3) is 5.91 Å². The Morgan fingerprint density at radius 1 is 1.00 bits per heavy atom. The number of nitrogens with one attached hydrogen (secondary N) is 2. The van der Waals surface area contributed by atoms with Crippen LogP contribution in [-0.4, -0.2) is 38.6 Å². The zero-order valence-corrected chi connectivity index (χ0v) is 20.4. The lowest BCUT2D eigenvalue weighted by Crippen LogP contribution is -2.52. The molecule has 1 atom stereocenters. The molecule has 178 valence electrons. The molecule has 9 heteroatoms. The standard InChI is InChI=1S/C24H31N3O4S2/c28-21-12-11-20(23(29)25-21)27-22(16-7-4-8-16)18-10-9-17(13-19(18)24(27)30)26-33(31,32)14-15-5-2-1-3-6-15/h9-10,13,15,20,33H,1-8,11-12,14H2,(H,25,28,29)(H2,26,31,32). The van der Waals surface area contributed by atoms with E-state index in [0.717, 1.165) is 43.4 Å². The van der Waals surface area contributed by atoms with Gasteiger partial charge in [-0.05, 0) is 77.4 Å². The van der Waals surface area contributed by atoms with Crippen LogP contribution in [0.15, 0.2) is 23.8 Å². The van der Waals surface area contributed by atoms with Crippen molar-refractivity contribution in [1.82, 2.24) is 10.2 Å². The lowest BCUT2D eigenvalue weighted by atomic mass is 9.87. The van der Waals surface area contributed by atoms with Gasteiger partial charge in [-0.3, -0.25) is 28.8 Å². The first-order valence-electron chi connectivity index (χ1n) is 12.0. The average molecular weight is 490 g/mol. The van der Waals surface area contributed by atoms with Crippen LogP contribution in [0.5, 0.6) is 0 Å². The molecule has 3 amide bonds. The van der Waals surface area contributed by atoms with Gasteiger partial charge in [0.05, 0.1) is 11.3 Å². The van der Waals surface area contributed by atoms with Crippen LogP contribution in [0.25, 0.3) is 5.70 Å². The molecule has 2 aliphatic heterocycles. The molecule has 2 aliphatic carbocycles. The molecular weight excluding hydrogens is 458 g/mol. The summed E-state index contributed by atoms with van der Waals surface area (Å²) in [4.78, 5) is 39.4. The highest BCUT2D eigenvalue weighted by atomic mass is 33.1. The van der Waals surface area contributed by atoms with Gasteiger partial charge in [-0.2, -0.15) is 0 Å². The second kappa shape index (κ2) is 8.91. The third kappa shape index (κ3) is 4.49. The molecule has 2 N–H and O–H groups in total. The molecule has 0 aromatic heterocycles. The van der Waals surface area contributed by atoms with Crippen LogP contribution in [0.3, 0.4) is 0 Å². The van der Waals surface area contributed by atoms with Crippen LogP contribution in [-0.2, 0) is 18.7 Å². The smallest absolute Gasteiger partial charge is 0.259 e. The van der Waals surface area contributed by atoms with Gasteiger partial charge in [0.15, 0.2) is 0 Å². The molecule has 7 nitrogen and oxygen atoms in total. The number of hydrogen-bond donors (Lipinski definition) is 4. The van der Waals surface area contributed by atoms with E-state index in [1.165, 1.54) is 24.8 Å². The number of imide groups is 1. The fourth-order valence-electron chi connectivity index (χ4n) is 5.50. The number of piperidine rings is 1. The van der Waals surface area contributed by atoms with E-state index >= 15 is 0 Å². The number of rotatable bonds is 5. The average Bonchev–Trinajstić information content (AvgIpc) is 2.99. The van der Waals surface area contributed by atoms with Gasteiger partial charge in [-0.25, -0.2) is 0 Å². The number of benzene rings is 1. The van der Waals surface area contributed by atoms with Gasteiger partial charge in [0.1, 0.15) is 6.04 Å². The van der Waals surface area contributed by atoms with Crippen molar-refractivity contribution < 1.29 is 18.6 Å². The molecule has 5 rings (SSSR count). The molecule has 1 aromatic rings. The number of amides is 3. The van der Waals surface area contributed by atoms with E-state index in [4.69, 9.17) is 0 Å². The normalized spacial score (nSPS) is 24.5. The summed E-state index contributed by atoms with van der Waals surface area (Å²) in [6, 6.07) is 4.79. The Hall–Kier alpha value is -2.13. The van der Waals surface area contributed by atoms with E-state index in [9.17, 15) is 18.6 Å². The van der Waals surface area contributed by atoms with Crippen molar-refractivity contribution in [2.45, 2.75) is 70.3 Å². The summed E-state index contributed by atoms with van der Waals surface area (Å²) >= 11 is 4.49. The third-order valence-electron chi connectivity index (χ3n) is 7.31. The quantitative estimate of drug-likeness (QED) is 0.289. The number of thiol groups is 2. The summed E-state index contributed by atoms with van der Waals surface area (Å²) in [6.07, 6.45) is 9.19. The number of nitrogens with zero attached hydrogens (tertiary/aromatic N) is 1. The van der Waals surface area contributed by atoms with Crippen LogP contribution in [0.1, 0.15) is 80.1 Å². The van der Waals surface area contributed by atoms with Crippen molar-refractivity contribution >= 4 is 49.9 Å². The molecule has 3 fully saturated rings. The van der Waals surface area contributed by atoms with Gasteiger partial charge in [0.2, 0.25) is 11.8 Å². The summed E-state index contributed by atoms with van der Waals surface area (Å²) in [7, 11) is -2.91. The summed E-state index contributed by atoms with van der Waals surface area (Å²) < 4.78 is 16.3. The van der Waals surface area contributed by atoms with E-state index in [-0.39, 0.29) is 18.2 Å². The van der Waals surface area contributed by atoms with Gasteiger partial charge in [0, 0.05) is 23.4 Å². The van der Waals surface area contributed by atoms with Crippen LogP contribution in [0, 0.1) is 5.92 Å². The number of allylic oxidation sites excluding steroid dienone is 1. The molecule has 2 saturated carbocycles. The van der Waals surface area contributed by atoms with Crippen LogP contribution >= 0.6 is 11.7 Å². The highest BCUT2D eigenvalue weighted by Gasteiger charge is 2.44. The number of fused-ring (bicyclic) bond motifs is 1. The highest BCUT2D eigenvalue weighted by Crippen LogP contribution is 2.44. The van der Waals surface area contributed by atoms with Gasteiger partial charge < -0.3 is 4.72 Å². The van der Waals surface area contributed by atoms with E-state index in [1.807, 2.05) is 12.1 Å². The predicted molar refractivity (Wildman–Crippen MR) is 133 cm³/mol. The Labute approximate surface area is 200 Å². The highest BCUT2D eigenvalue weighted by molar-refractivity contribution is 8.69. The second-order valence-corrected chi connectivity index (χ2v) is 13.6. The maximum Gasteiger partial charge on any atom is 0.259 e. The van der Waals surface area contributed by atoms with Crippen LogP contribution in [0.2, 0.25) is 0 Å². The Kier molecular flexibility index (Phi) is 6.11. The minimum atomic E-state index is -2.91. The lowest BCUT2D eigenvalue weighted by molar-refractivity contribution is -0.136. The Morgan fingerprint density at radius 3 is 2.42 bits per heavy atom. The van der Waals surface area contributed by atoms with E-state index in [0.29, 0.717) is 29.3 Å². The van der Waals surface area contributed by atoms with Crippen molar-refractivity contribution in [2.24, 2.45) is 5.92 Å². The van der Waals surface area contributed by atoms with Gasteiger partial charge in [-0.15, -0.1) is 0 Å². The fourth-order valence-corrected chi connectivity index (χ4v) is 8.24. The topological polar surface area (TPSA) is 95.6 Å². The third-order valence-corrected chi connectivity index (χ3v) is 9.72.